The number of ether oxygens (including phenoxy) is 1. The van der Waals surface area contributed by atoms with Crippen LogP contribution in [0.1, 0.15) is 13.3 Å². The zero-order valence-electron chi connectivity index (χ0n) is 7.18. The molecule has 13 heavy (non-hydrogen) atoms. The Kier molecular flexibility index (Phi) is 3.70. The molecule has 0 atom stereocenters. The van der Waals surface area contributed by atoms with E-state index in [4.69, 9.17) is 33.0 Å². The summed E-state index contributed by atoms with van der Waals surface area (Å²) in [6.07, 6.45) is 0.882. The van der Waals surface area contributed by atoms with Crippen LogP contribution in [0.4, 0.5) is 0 Å². The summed E-state index contributed by atoms with van der Waals surface area (Å²) in [5.41, 5.74) is 0. The molecule has 0 saturated carbocycles. The van der Waals surface area contributed by atoms with Gasteiger partial charge in [0.1, 0.15) is 5.75 Å². The number of halogens is 2. The molecule has 0 heterocycles. The second-order valence-corrected chi connectivity index (χ2v) is 3.40. The monoisotopic (exact) mass is 220 g/mol. The van der Waals surface area contributed by atoms with E-state index >= 15 is 0 Å². The Balaban J connectivity index is 2.92. The molecule has 0 aromatic heterocycles. The van der Waals surface area contributed by atoms with Crippen molar-refractivity contribution in [2.45, 2.75) is 13.3 Å². The number of phenolic OH excluding ortho intramolecular Hbond substituents is 1. The fourth-order valence-electron chi connectivity index (χ4n) is 0.889. The number of aromatic hydroxyl groups is 1. The predicted octanol–water partition coefficient (Wildman–Crippen LogP) is 3.49. The Hall–Kier alpha value is -0.600. The highest BCUT2D eigenvalue weighted by atomic mass is 35.5. The molecule has 1 N–H and O–H groups in total. The van der Waals surface area contributed by atoms with E-state index in [0.29, 0.717) is 22.4 Å². The van der Waals surface area contributed by atoms with Crippen molar-refractivity contribution in [3.05, 3.63) is 22.2 Å². The van der Waals surface area contributed by atoms with E-state index in [1.807, 2.05) is 6.92 Å². The van der Waals surface area contributed by atoms with Crippen LogP contribution in [0, 0.1) is 0 Å². The molecule has 0 radical (unpaired) electrons. The molecule has 4 heteroatoms. The van der Waals surface area contributed by atoms with E-state index in [0.717, 1.165) is 6.42 Å². The first kappa shape index (κ1) is 10.5. The van der Waals surface area contributed by atoms with Gasteiger partial charge in [-0.15, -0.1) is 0 Å². The predicted molar refractivity (Wildman–Crippen MR) is 53.9 cm³/mol. The zero-order valence-corrected chi connectivity index (χ0v) is 8.69. The van der Waals surface area contributed by atoms with Gasteiger partial charge in [0.25, 0.3) is 0 Å². The Morgan fingerprint density at radius 1 is 1.31 bits per heavy atom. The summed E-state index contributed by atoms with van der Waals surface area (Å²) < 4.78 is 5.30. The molecule has 0 spiro atoms. The maximum absolute atomic E-state index is 9.12. The molecule has 0 bridgehead atoms. The number of hydrogen-bond acceptors (Lipinski definition) is 2. The van der Waals surface area contributed by atoms with Crippen molar-refractivity contribution in [1.82, 2.24) is 0 Å². The number of benzene rings is 1. The summed E-state index contributed by atoms with van der Waals surface area (Å²) in [7, 11) is 0. The van der Waals surface area contributed by atoms with Gasteiger partial charge in [-0.05, 0) is 6.42 Å². The second-order valence-electron chi connectivity index (χ2n) is 2.59. The third-order valence-corrected chi connectivity index (χ3v) is 2.00. The van der Waals surface area contributed by atoms with Crippen LogP contribution in [0.25, 0.3) is 0 Å². The summed E-state index contributed by atoms with van der Waals surface area (Å²) in [5, 5.41) is 9.78. The summed E-state index contributed by atoms with van der Waals surface area (Å²) in [6.45, 7) is 2.55. The van der Waals surface area contributed by atoms with Crippen molar-refractivity contribution in [2.75, 3.05) is 6.61 Å². The standard InChI is InChI=1S/C9H10Cl2O2/c1-2-3-13-9-7(10)4-6(12)5-8(9)11/h4-5,12H,2-3H2,1H3. The van der Waals surface area contributed by atoms with E-state index in [2.05, 4.69) is 0 Å². The number of phenols is 1. The molecule has 0 unspecified atom stereocenters. The van der Waals surface area contributed by atoms with Crippen LogP contribution in [0.2, 0.25) is 10.0 Å². The molecule has 0 fully saturated rings. The maximum atomic E-state index is 9.12. The van der Waals surface area contributed by atoms with Gasteiger partial charge in [-0.25, -0.2) is 0 Å². The van der Waals surface area contributed by atoms with E-state index in [1.54, 1.807) is 0 Å². The van der Waals surface area contributed by atoms with E-state index < -0.39 is 0 Å². The van der Waals surface area contributed by atoms with Crippen molar-refractivity contribution in [1.29, 1.82) is 0 Å². The third kappa shape index (κ3) is 2.68. The van der Waals surface area contributed by atoms with Gasteiger partial charge in [-0.3, -0.25) is 0 Å². The Morgan fingerprint density at radius 3 is 2.31 bits per heavy atom. The molecule has 0 aliphatic heterocycles. The first-order valence-electron chi connectivity index (χ1n) is 3.96. The van der Waals surface area contributed by atoms with Gasteiger partial charge in [-0.2, -0.15) is 0 Å². The van der Waals surface area contributed by atoms with E-state index in [9.17, 15) is 0 Å². The van der Waals surface area contributed by atoms with E-state index in [-0.39, 0.29) is 5.75 Å². The summed E-state index contributed by atoms with van der Waals surface area (Å²) in [4.78, 5) is 0. The van der Waals surface area contributed by atoms with Gasteiger partial charge in [0.2, 0.25) is 0 Å². The van der Waals surface area contributed by atoms with Crippen molar-refractivity contribution in [3.63, 3.8) is 0 Å². The lowest BCUT2D eigenvalue weighted by molar-refractivity contribution is 0.317. The minimum absolute atomic E-state index is 0.0406. The van der Waals surface area contributed by atoms with Gasteiger partial charge in [0, 0.05) is 12.1 Å². The summed E-state index contributed by atoms with van der Waals surface area (Å²) in [5.74, 6) is 0.474. The summed E-state index contributed by atoms with van der Waals surface area (Å²) >= 11 is 11.6. The molecule has 0 saturated heterocycles. The summed E-state index contributed by atoms with van der Waals surface area (Å²) in [6, 6.07) is 2.80. The molecule has 0 aliphatic carbocycles. The fourth-order valence-corrected chi connectivity index (χ4v) is 1.47. The van der Waals surface area contributed by atoms with Crippen molar-refractivity contribution in [3.8, 4) is 11.5 Å². The fraction of sp³-hybridized carbons (Fsp3) is 0.333. The topological polar surface area (TPSA) is 29.5 Å². The molecular formula is C9H10Cl2O2. The maximum Gasteiger partial charge on any atom is 0.156 e. The highest BCUT2D eigenvalue weighted by molar-refractivity contribution is 6.37. The van der Waals surface area contributed by atoms with Crippen molar-refractivity contribution in [2.24, 2.45) is 0 Å². The van der Waals surface area contributed by atoms with Gasteiger partial charge in [0.05, 0.1) is 16.7 Å². The van der Waals surface area contributed by atoms with Gasteiger partial charge in [-0.1, -0.05) is 30.1 Å². The van der Waals surface area contributed by atoms with Gasteiger partial charge in [0.15, 0.2) is 5.75 Å². The average Bonchev–Trinajstić information content (AvgIpc) is 2.02. The lowest BCUT2D eigenvalue weighted by Crippen LogP contribution is -1.96. The molecule has 0 aliphatic rings. The molecule has 1 rings (SSSR count). The van der Waals surface area contributed by atoms with Crippen molar-refractivity contribution < 1.29 is 9.84 Å². The van der Waals surface area contributed by atoms with E-state index in [1.165, 1.54) is 12.1 Å². The van der Waals surface area contributed by atoms with Crippen LogP contribution in [0.15, 0.2) is 12.1 Å². The lowest BCUT2D eigenvalue weighted by atomic mass is 10.3. The van der Waals surface area contributed by atoms with Crippen LogP contribution in [0.3, 0.4) is 0 Å². The molecule has 72 valence electrons. The molecule has 2 nitrogen and oxygen atoms in total. The SMILES string of the molecule is CCCOc1c(Cl)cc(O)cc1Cl. The van der Waals surface area contributed by atoms with Crippen LogP contribution in [-0.2, 0) is 0 Å². The first-order chi connectivity index (χ1) is 6.15. The van der Waals surface area contributed by atoms with Crippen LogP contribution >= 0.6 is 23.2 Å². The minimum atomic E-state index is 0.0406. The van der Waals surface area contributed by atoms with Gasteiger partial charge < -0.3 is 9.84 Å². The number of rotatable bonds is 3. The zero-order chi connectivity index (χ0) is 9.84. The Morgan fingerprint density at radius 2 is 1.85 bits per heavy atom. The smallest absolute Gasteiger partial charge is 0.156 e. The average molecular weight is 221 g/mol. The van der Waals surface area contributed by atoms with Crippen LogP contribution < -0.4 is 4.74 Å². The third-order valence-electron chi connectivity index (χ3n) is 1.43. The minimum Gasteiger partial charge on any atom is -0.508 e. The van der Waals surface area contributed by atoms with Crippen molar-refractivity contribution >= 4 is 23.2 Å². The van der Waals surface area contributed by atoms with Gasteiger partial charge >= 0.3 is 0 Å². The first-order valence-corrected chi connectivity index (χ1v) is 4.71. The molecule has 0 amide bonds. The van der Waals surface area contributed by atoms with Crippen LogP contribution in [-0.4, -0.2) is 11.7 Å². The molecule has 1 aromatic rings. The number of hydrogen-bond donors (Lipinski definition) is 1. The molecular weight excluding hydrogens is 211 g/mol. The molecule has 1 aromatic carbocycles. The second kappa shape index (κ2) is 4.58. The highest BCUT2D eigenvalue weighted by Crippen LogP contribution is 2.36. The highest BCUT2D eigenvalue weighted by Gasteiger charge is 2.08. The lowest BCUT2D eigenvalue weighted by Gasteiger charge is -2.08. The quantitative estimate of drug-likeness (QED) is 0.846. The van der Waals surface area contributed by atoms with Crippen LogP contribution in [0.5, 0.6) is 11.5 Å². The Labute approximate surface area is 87.0 Å². The Bertz CT molecular complexity index is 277. The largest absolute Gasteiger partial charge is 0.508 e. The normalized spacial score (nSPS) is 10.1.